The van der Waals surface area contributed by atoms with Crippen molar-refractivity contribution in [3.63, 3.8) is 0 Å². The van der Waals surface area contributed by atoms with E-state index in [0.29, 0.717) is 35.8 Å². The lowest BCUT2D eigenvalue weighted by molar-refractivity contribution is -0.119. The van der Waals surface area contributed by atoms with Crippen molar-refractivity contribution in [2.45, 2.75) is 25.8 Å². The standard InChI is InChI=1S/C22H26N2O5/c1-12(25)24-16-8-6-13-10-19(27-3)21(28-4)22(29-5)20(13)14-7-9-17(23-2)18(26)11-15(14)16/h7,9-11,16H,6,8H2,1-5H3,(H,23,26)(H,24,25). The molecule has 0 aliphatic heterocycles. The van der Waals surface area contributed by atoms with E-state index in [9.17, 15) is 9.59 Å². The molecule has 0 bridgehead atoms. The molecule has 7 nitrogen and oxygen atoms in total. The quantitative estimate of drug-likeness (QED) is 0.806. The summed E-state index contributed by atoms with van der Waals surface area (Å²) in [6, 6.07) is 6.85. The van der Waals surface area contributed by atoms with E-state index in [4.69, 9.17) is 14.2 Å². The maximum absolute atomic E-state index is 12.7. The number of hydrogen-bond acceptors (Lipinski definition) is 6. The average Bonchev–Trinajstić information content (AvgIpc) is 2.95. The second-order valence-electron chi connectivity index (χ2n) is 6.85. The van der Waals surface area contributed by atoms with Gasteiger partial charge < -0.3 is 24.8 Å². The molecule has 0 radical (unpaired) electrons. The normalized spacial score (nSPS) is 14.7. The van der Waals surface area contributed by atoms with E-state index in [-0.39, 0.29) is 17.4 Å². The number of anilines is 1. The van der Waals surface area contributed by atoms with Crippen molar-refractivity contribution in [2.75, 3.05) is 33.7 Å². The summed E-state index contributed by atoms with van der Waals surface area (Å²) in [6.45, 7) is 1.48. The van der Waals surface area contributed by atoms with Gasteiger partial charge in [0.2, 0.25) is 17.1 Å². The highest BCUT2D eigenvalue weighted by Gasteiger charge is 2.29. The number of hydrogen-bond donors (Lipinski definition) is 2. The molecule has 0 saturated carbocycles. The minimum atomic E-state index is -0.304. The van der Waals surface area contributed by atoms with Crippen LogP contribution >= 0.6 is 0 Å². The number of carbonyl (C=O) groups excluding carboxylic acids is 1. The number of ether oxygens (including phenoxy) is 3. The van der Waals surface area contributed by atoms with Crippen molar-refractivity contribution >= 4 is 11.6 Å². The SMILES string of the molecule is CNc1ccc2c(cc1=O)C(NC(C)=O)CCc1cc(OC)c(OC)c(OC)c1-2. The molecule has 29 heavy (non-hydrogen) atoms. The molecule has 2 N–H and O–H groups in total. The molecule has 3 rings (SSSR count). The monoisotopic (exact) mass is 398 g/mol. The number of aryl methyl sites for hydroxylation is 1. The minimum absolute atomic E-state index is 0.146. The van der Waals surface area contributed by atoms with Gasteiger partial charge in [-0.1, -0.05) is 6.07 Å². The molecular weight excluding hydrogens is 372 g/mol. The second-order valence-corrected chi connectivity index (χ2v) is 6.85. The summed E-state index contributed by atoms with van der Waals surface area (Å²) in [5.41, 5.74) is 3.72. The average molecular weight is 398 g/mol. The van der Waals surface area contributed by atoms with Gasteiger partial charge in [0.1, 0.15) is 0 Å². The van der Waals surface area contributed by atoms with Crippen molar-refractivity contribution in [3.05, 3.63) is 45.6 Å². The molecule has 2 aromatic carbocycles. The van der Waals surface area contributed by atoms with E-state index in [2.05, 4.69) is 10.6 Å². The zero-order chi connectivity index (χ0) is 21.1. The number of amides is 1. The molecule has 0 aromatic heterocycles. The van der Waals surface area contributed by atoms with E-state index in [1.54, 1.807) is 40.5 Å². The smallest absolute Gasteiger partial charge is 0.217 e. The molecule has 7 heteroatoms. The summed E-state index contributed by atoms with van der Waals surface area (Å²) in [5, 5.41) is 5.91. The van der Waals surface area contributed by atoms with Crippen LogP contribution in [0.2, 0.25) is 0 Å². The lowest BCUT2D eigenvalue weighted by Crippen LogP contribution is -2.26. The van der Waals surface area contributed by atoms with Crippen molar-refractivity contribution in [1.82, 2.24) is 5.32 Å². The second kappa shape index (κ2) is 8.43. The van der Waals surface area contributed by atoms with Crippen LogP contribution in [0.4, 0.5) is 5.69 Å². The summed E-state index contributed by atoms with van der Waals surface area (Å²) in [5.74, 6) is 1.45. The Bertz CT molecular complexity index is 1000. The fourth-order valence-electron chi connectivity index (χ4n) is 3.91. The maximum Gasteiger partial charge on any atom is 0.217 e. The minimum Gasteiger partial charge on any atom is -0.493 e. The van der Waals surface area contributed by atoms with Gasteiger partial charge in [0.15, 0.2) is 11.5 Å². The van der Waals surface area contributed by atoms with Gasteiger partial charge in [0.05, 0.1) is 33.1 Å². The summed E-state index contributed by atoms with van der Waals surface area (Å²) in [7, 11) is 6.42. The Balaban J connectivity index is 2.41. The van der Waals surface area contributed by atoms with Crippen LogP contribution in [0.3, 0.4) is 0 Å². The van der Waals surface area contributed by atoms with Crippen LogP contribution in [0.15, 0.2) is 29.1 Å². The number of nitrogens with one attached hydrogen (secondary N) is 2. The van der Waals surface area contributed by atoms with Crippen molar-refractivity contribution in [2.24, 2.45) is 0 Å². The molecule has 1 amide bonds. The van der Waals surface area contributed by atoms with Crippen molar-refractivity contribution in [1.29, 1.82) is 0 Å². The molecule has 0 heterocycles. The number of rotatable bonds is 5. The molecule has 1 aliphatic rings. The van der Waals surface area contributed by atoms with Crippen molar-refractivity contribution in [3.8, 4) is 28.4 Å². The van der Waals surface area contributed by atoms with Gasteiger partial charge in [-0.2, -0.15) is 0 Å². The molecule has 1 aliphatic carbocycles. The van der Waals surface area contributed by atoms with Gasteiger partial charge in [0.25, 0.3) is 0 Å². The van der Waals surface area contributed by atoms with Gasteiger partial charge in [0, 0.05) is 19.5 Å². The van der Waals surface area contributed by atoms with Crippen LogP contribution in [0, 0.1) is 0 Å². The Labute approximate surface area is 170 Å². The Morgan fingerprint density at radius 2 is 1.79 bits per heavy atom. The summed E-state index contributed by atoms with van der Waals surface area (Å²) >= 11 is 0. The third kappa shape index (κ3) is 3.72. The van der Waals surface area contributed by atoms with Crippen LogP contribution in [-0.4, -0.2) is 34.3 Å². The lowest BCUT2D eigenvalue weighted by Gasteiger charge is -2.19. The van der Waals surface area contributed by atoms with E-state index in [1.165, 1.54) is 6.92 Å². The molecule has 1 unspecified atom stereocenters. The first-order chi connectivity index (χ1) is 13.9. The highest BCUT2D eigenvalue weighted by molar-refractivity contribution is 5.83. The van der Waals surface area contributed by atoms with Gasteiger partial charge in [-0.15, -0.1) is 0 Å². The van der Waals surface area contributed by atoms with Gasteiger partial charge >= 0.3 is 0 Å². The number of carbonyl (C=O) groups is 1. The molecule has 1 atom stereocenters. The molecule has 0 spiro atoms. The van der Waals surface area contributed by atoms with Gasteiger partial charge in [-0.25, -0.2) is 0 Å². The molecule has 154 valence electrons. The van der Waals surface area contributed by atoms with E-state index < -0.39 is 0 Å². The first kappa shape index (κ1) is 20.5. The van der Waals surface area contributed by atoms with Crippen LogP contribution < -0.4 is 30.3 Å². The maximum atomic E-state index is 12.7. The van der Waals surface area contributed by atoms with Crippen LogP contribution in [0.25, 0.3) is 11.1 Å². The number of benzene rings is 1. The van der Waals surface area contributed by atoms with Crippen LogP contribution in [-0.2, 0) is 11.2 Å². The molecular formula is C22H26N2O5. The van der Waals surface area contributed by atoms with E-state index in [0.717, 1.165) is 22.3 Å². The summed E-state index contributed by atoms with van der Waals surface area (Å²) < 4.78 is 16.8. The van der Waals surface area contributed by atoms with E-state index >= 15 is 0 Å². The Morgan fingerprint density at radius 3 is 2.38 bits per heavy atom. The van der Waals surface area contributed by atoms with Crippen LogP contribution in [0.1, 0.15) is 30.5 Å². The van der Waals surface area contributed by atoms with E-state index in [1.807, 2.05) is 12.1 Å². The predicted octanol–water partition coefficient (Wildman–Crippen LogP) is 2.90. The highest BCUT2D eigenvalue weighted by Crippen LogP contribution is 2.50. The fourth-order valence-corrected chi connectivity index (χ4v) is 3.91. The lowest BCUT2D eigenvalue weighted by atomic mass is 9.95. The first-order valence-electron chi connectivity index (χ1n) is 9.40. The van der Waals surface area contributed by atoms with Crippen LogP contribution in [0.5, 0.6) is 17.2 Å². The topological polar surface area (TPSA) is 85.9 Å². The third-order valence-electron chi connectivity index (χ3n) is 5.19. The summed E-state index contributed by atoms with van der Waals surface area (Å²) in [6.07, 6.45) is 1.30. The van der Waals surface area contributed by atoms with Gasteiger partial charge in [-0.3, -0.25) is 9.59 Å². The predicted molar refractivity (Wildman–Crippen MR) is 112 cm³/mol. The number of methoxy groups -OCH3 is 3. The largest absolute Gasteiger partial charge is 0.493 e. The Morgan fingerprint density at radius 1 is 1.07 bits per heavy atom. The third-order valence-corrected chi connectivity index (χ3v) is 5.19. The zero-order valence-corrected chi connectivity index (χ0v) is 17.3. The molecule has 0 saturated heterocycles. The zero-order valence-electron chi connectivity index (χ0n) is 17.3. The fraction of sp³-hybridized carbons (Fsp3) is 0.364. The first-order valence-corrected chi connectivity index (χ1v) is 9.40. The molecule has 0 fully saturated rings. The Kier molecular flexibility index (Phi) is 5.96. The molecule has 2 aromatic rings. The van der Waals surface area contributed by atoms with Gasteiger partial charge in [-0.05, 0) is 47.7 Å². The highest BCUT2D eigenvalue weighted by atomic mass is 16.5. The summed E-state index contributed by atoms with van der Waals surface area (Å²) in [4.78, 5) is 24.6. The number of fused-ring (bicyclic) bond motifs is 3. The Hall–Kier alpha value is -3.22. The van der Waals surface area contributed by atoms with Crippen molar-refractivity contribution < 1.29 is 19.0 Å².